The second-order valence-corrected chi connectivity index (χ2v) is 8.84. The molecule has 5 aromatic rings. The zero-order chi connectivity index (χ0) is 23.3. The number of aromatic nitrogens is 3. The number of anilines is 1. The largest absolute Gasteiger partial charge is 0.497 e. The third kappa shape index (κ3) is 5.72. The summed E-state index contributed by atoms with van der Waals surface area (Å²) in [5.41, 5.74) is 0.837. The molecule has 0 saturated carbocycles. The quantitative estimate of drug-likeness (QED) is 0.260. The van der Waals surface area contributed by atoms with E-state index in [1.807, 2.05) is 71.4 Å². The second-order valence-electron chi connectivity index (χ2n) is 7.83. The molecule has 0 atom stereocenters. The Labute approximate surface area is 213 Å². The van der Waals surface area contributed by atoms with Crippen LogP contribution in [-0.4, -0.2) is 40.7 Å². The lowest BCUT2D eigenvalue weighted by molar-refractivity contribution is -0.120. The van der Waals surface area contributed by atoms with Crippen LogP contribution in [0.4, 0.5) is 5.13 Å². The number of nitrogens with zero attached hydrogens (tertiary/aromatic N) is 4. The van der Waals surface area contributed by atoms with Crippen molar-refractivity contribution < 1.29 is 14.3 Å². The molecular weight excluding hydrogens is 484 g/mol. The smallest absolute Gasteiger partial charge is 0.266 e. The normalized spacial score (nSPS) is 10.8. The van der Waals surface area contributed by atoms with Crippen molar-refractivity contribution in [1.29, 1.82) is 0 Å². The predicted octanol–water partition coefficient (Wildman–Crippen LogP) is 5.58. The van der Waals surface area contributed by atoms with Gasteiger partial charge in [-0.1, -0.05) is 41.7 Å². The molecule has 9 heteroatoms. The number of hydrogen-bond acceptors (Lipinski definition) is 6. The van der Waals surface area contributed by atoms with Crippen molar-refractivity contribution in [1.82, 2.24) is 14.5 Å². The summed E-state index contributed by atoms with van der Waals surface area (Å²) in [6.45, 7) is 1.21. The highest BCUT2D eigenvalue weighted by Crippen LogP contribution is 2.32. The lowest BCUT2D eigenvalue weighted by Crippen LogP contribution is -2.36. The van der Waals surface area contributed by atoms with Crippen LogP contribution in [0.25, 0.3) is 21.0 Å². The summed E-state index contributed by atoms with van der Waals surface area (Å²) >= 11 is 1.47. The molecule has 2 heterocycles. The van der Waals surface area contributed by atoms with Gasteiger partial charge in [-0.05, 0) is 47.5 Å². The molecule has 1 amide bonds. The van der Waals surface area contributed by atoms with E-state index in [2.05, 4.69) is 4.98 Å². The Kier molecular flexibility index (Phi) is 7.84. The Balaban J connectivity index is 0.00000289. The number of hydrogen-bond donors (Lipinski definition) is 0. The highest BCUT2D eigenvalue weighted by molar-refractivity contribution is 7.22. The Bertz CT molecular complexity index is 1420. The number of ether oxygens (including phenoxy) is 2. The Morgan fingerprint density at radius 3 is 2.69 bits per heavy atom. The van der Waals surface area contributed by atoms with E-state index in [-0.39, 0.29) is 24.9 Å². The van der Waals surface area contributed by atoms with E-state index in [4.69, 9.17) is 14.5 Å². The van der Waals surface area contributed by atoms with Gasteiger partial charge in [0.1, 0.15) is 11.5 Å². The molecule has 0 radical (unpaired) electrons. The molecule has 0 aliphatic rings. The van der Waals surface area contributed by atoms with Gasteiger partial charge in [-0.3, -0.25) is 9.69 Å². The van der Waals surface area contributed by atoms with Crippen LogP contribution in [0.3, 0.4) is 0 Å². The molecule has 180 valence electrons. The Hall–Kier alpha value is -3.62. The summed E-state index contributed by atoms with van der Waals surface area (Å²) in [6.07, 6.45) is 6.20. The lowest BCUT2D eigenvalue weighted by atomic mass is 10.1. The molecule has 0 aliphatic carbocycles. The van der Waals surface area contributed by atoms with Crippen LogP contribution >= 0.6 is 23.7 Å². The number of imidazole rings is 1. The molecule has 2 aromatic heterocycles. The number of rotatable bonds is 9. The third-order valence-electron chi connectivity index (χ3n) is 5.56. The van der Waals surface area contributed by atoms with Crippen LogP contribution in [0.15, 0.2) is 79.4 Å². The minimum atomic E-state index is -0.134. The molecule has 0 unspecified atom stereocenters. The first-order chi connectivity index (χ1) is 16.7. The molecule has 35 heavy (non-hydrogen) atoms. The van der Waals surface area contributed by atoms with E-state index in [0.29, 0.717) is 17.4 Å². The molecule has 0 aliphatic heterocycles. The maximum Gasteiger partial charge on any atom is 0.266 e. The predicted molar refractivity (Wildman–Crippen MR) is 142 cm³/mol. The fourth-order valence-electron chi connectivity index (χ4n) is 3.77. The molecule has 0 spiro atoms. The first-order valence-electron chi connectivity index (χ1n) is 11.0. The molecule has 3 aromatic carbocycles. The van der Waals surface area contributed by atoms with Gasteiger partial charge in [0.15, 0.2) is 11.7 Å². The first-order valence-corrected chi connectivity index (χ1v) is 11.8. The van der Waals surface area contributed by atoms with Gasteiger partial charge in [0.2, 0.25) is 0 Å². The van der Waals surface area contributed by atoms with Gasteiger partial charge < -0.3 is 14.0 Å². The Morgan fingerprint density at radius 1 is 1.06 bits per heavy atom. The zero-order valence-electron chi connectivity index (χ0n) is 19.2. The fourth-order valence-corrected chi connectivity index (χ4v) is 4.81. The molecule has 0 bridgehead atoms. The standard InChI is InChI=1S/C26H24N4O3S.ClH/c1-32-21-9-10-23-24(16-21)34-26(28-23)30(13-4-12-29-14-11-27-18-29)25(31)17-33-22-8-7-19-5-2-3-6-20(19)15-22;/h2-3,5-11,14-16,18H,4,12-13,17H2,1H3;1H. The summed E-state index contributed by atoms with van der Waals surface area (Å²) < 4.78 is 14.2. The second kappa shape index (κ2) is 11.2. The number of thiazole rings is 1. The average Bonchev–Trinajstić information content (AvgIpc) is 3.54. The van der Waals surface area contributed by atoms with Crippen molar-refractivity contribution in [2.75, 3.05) is 25.2 Å². The maximum absolute atomic E-state index is 13.3. The molecule has 5 rings (SSSR count). The molecule has 0 saturated heterocycles. The molecular formula is C26H25ClN4O3S. The van der Waals surface area contributed by atoms with Crippen LogP contribution in [-0.2, 0) is 11.3 Å². The Morgan fingerprint density at radius 2 is 1.89 bits per heavy atom. The summed E-state index contributed by atoms with van der Waals surface area (Å²) in [5, 5.41) is 2.86. The van der Waals surface area contributed by atoms with Crippen LogP contribution in [0.2, 0.25) is 0 Å². The van der Waals surface area contributed by atoms with Crippen molar-refractivity contribution in [3.63, 3.8) is 0 Å². The van der Waals surface area contributed by atoms with Crippen molar-refractivity contribution in [3.8, 4) is 11.5 Å². The first kappa shape index (κ1) is 24.5. The van der Waals surface area contributed by atoms with Gasteiger partial charge in [-0.25, -0.2) is 9.97 Å². The maximum atomic E-state index is 13.3. The van der Waals surface area contributed by atoms with E-state index < -0.39 is 0 Å². The summed E-state index contributed by atoms with van der Waals surface area (Å²) in [7, 11) is 1.64. The molecule has 0 N–H and O–H groups in total. The lowest BCUT2D eigenvalue weighted by Gasteiger charge is -2.20. The molecule has 7 nitrogen and oxygen atoms in total. The van der Waals surface area contributed by atoms with Gasteiger partial charge >= 0.3 is 0 Å². The van der Waals surface area contributed by atoms with Gasteiger partial charge in [0, 0.05) is 25.5 Å². The summed E-state index contributed by atoms with van der Waals surface area (Å²) in [5.74, 6) is 1.30. The summed E-state index contributed by atoms with van der Waals surface area (Å²) in [6, 6.07) is 19.6. The number of carbonyl (C=O) groups is 1. The summed E-state index contributed by atoms with van der Waals surface area (Å²) in [4.78, 5) is 23.8. The van der Waals surface area contributed by atoms with Crippen LogP contribution in [0.5, 0.6) is 11.5 Å². The van der Waals surface area contributed by atoms with Crippen molar-refractivity contribution in [2.24, 2.45) is 0 Å². The van der Waals surface area contributed by atoms with Gasteiger partial charge in [-0.2, -0.15) is 0 Å². The van der Waals surface area contributed by atoms with Crippen molar-refractivity contribution in [3.05, 3.63) is 79.4 Å². The fraction of sp³-hybridized carbons (Fsp3) is 0.192. The van der Waals surface area contributed by atoms with Crippen molar-refractivity contribution in [2.45, 2.75) is 13.0 Å². The van der Waals surface area contributed by atoms with Crippen molar-refractivity contribution >= 4 is 55.8 Å². The van der Waals surface area contributed by atoms with Crippen LogP contribution < -0.4 is 14.4 Å². The third-order valence-corrected chi connectivity index (χ3v) is 6.60. The number of carbonyl (C=O) groups excluding carboxylic acids is 1. The van der Waals surface area contributed by atoms with E-state index in [9.17, 15) is 4.79 Å². The minimum Gasteiger partial charge on any atom is -0.497 e. The number of halogens is 1. The topological polar surface area (TPSA) is 69.5 Å². The number of aryl methyl sites for hydroxylation is 1. The number of fused-ring (bicyclic) bond motifs is 2. The van der Waals surface area contributed by atoms with Gasteiger partial charge in [0.05, 0.1) is 23.7 Å². The van der Waals surface area contributed by atoms with E-state index in [1.165, 1.54) is 11.3 Å². The van der Waals surface area contributed by atoms with E-state index in [1.54, 1.807) is 24.5 Å². The van der Waals surface area contributed by atoms with Crippen LogP contribution in [0.1, 0.15) is 6.42 Å². The highest BCUT2D eigenvalue weighted by atomic mass is 35.5. The highest BCUT2D eigenvalue weighted by Gasteiger charge is 2.20. The SMILES string of the molecule is COc1ccc2nc(N(CCCn3ccnc3)C(=O)COc3ccc4ccccc4c3)sc2c1.Cl. The van der Waals surface area contributed by atoms with Gasteiger partial charge in [-0.15, -0.1) is 12.4 Å². The number of methoxy groups -OCH3 is 1. The van der Waals surface area contributed by atoms with Crippen LogP contribution in [0, 0.1) is 0 Å². The zero-order valence-corrected chi connectivity index (χ0v) is 20.8. The number of amides is 1. The van der Waals surface area contributed by atoms with E-state index in [0.717, 1.165) is 39.7 Å². The monoisotopic (exact) mass is 508 g/mol. The number of benzene rings is 3. The molecule has 0 fully saturated rings. The minimum absolute atomic E-state index is 0. The average molecular weight is 509 g/mol. The van der Waals surface area contributed by atoms with E-state index >= 15 is 0 Å². The van der Waals surface area contributed by atoms with Gasteiger partial charge in [0.25, 0.3) is 5.91 Å².